The van der Waals surface area contributed by atoms with Gasteiger partial charge in [0.1, 0.15) is 5.82 Å². The molecule has 1 aromatic carbocycles. The van der Waals surface area contributed by atoms with Crippen LogP contribution in [0.3, 0.4) is 0 Å². The van der Waals surface area contributed by atoms with Crippen molar-refractivity contribution in [1.29, 1.82) is 0 Å². The summed E-state index contributed by atoms with van der Waals surface area (Å²) in [5.41, 5.74) is 0.665. The van der Waals surface area contributed by atoms with Crippen LogP contribution in [0, 0.1) is 5.82 Å². The highest BCUT2D eigenvalue weighted by atomic mass is 19.1. The van der Waals surface area contributed by atoms with Crippen LogP contribution in [0.2, 0.25) is 0 Å². The second kappa shape index (κ2) is 5.82. The Bertz CT molecular complexity index is 473. The van der Waals surface area contributed by atoms with Gasteiger partial charge in [0.15, 0.2) is 0 Å². The lowest BCUT2D eigenvalue weighted by Gasteiger charge is -2.17. The molecule has 1 aliphatic rings. The van der Waals surface area contributed by atoms with Crippen molar-refractivity contribution in [2.24, 2.45) is 0 Å². The molecule has 4 nitrogen and oxygen atoms in total. The average Bonchev–Trinajstić information content (AvgIpc) is 2.71. The monoisotopic (exact) mass is 264 g/mol. The molecule has 0 bridgehead atoms. The van der Waals surface area contributed by atoms with E-state index < -0.39 is 0 Å². The number of benzene rings is 1. The molecule has 0 unspecified atom stereocenters. The lowest BCUT2D eigenvalue weighted by molar-refractivity contribution is -0.121. The number of amides is 2. The summed E-state index contributed by atoms with van der Waals surface area (Å²) in [5.74, 6) is -0.405. The van der Waals surface area contributed by atoms with Gasteiger partial charge in [-0.2, -0.15) is 0 Å². The van der Waals surface area contributed by atoms with Gasteiger partial charge in [-0.05, 0) is 30.7 Å². The summed E-state index contributed by atoms with van der Waals surface area (Å²) in [6.07, 6.45) is 1.56. The van der Waals surface area contributed by atoms with Crippen LogP contribution in [0.25, 0.3) is 0 Å². The van der Waals surface area contributed by atoms with Crippen LogP contribution in [0.5, 0.6) is 0 Å². The highest BCUT2D eigenvalue weighted by molar-refractivity contribution is 5.96. The van der Waals surface area contributed by atoms with Gasteiger partial charge in [-0.3, -0.25) is 9.59 Å². The summed E-state index contributed by atoms with van der Waals surface area (Å²) in [7, 11) is 0. The van der Waals surface area contributed by atoms with Crippen molar-refractivity contribution in [3.05, 3.63) is 30.1 Å². The molecule has 1 saturated heterocycles. The zero-order valence-corrected chi connectivity index (χ0v) is 10.9. The van der Waals surface area contributed by atoms with Crippen molar-refractivity contribution in [1.82, 2.24) is 5.32 Å². The first kappa shape index (κ1) is 13.5. The Hall–Kier alpha value is -1.91. The van der Waals surface area contributed by atoms with E-state index in [0.717, 1.165) is 6.42 Å². The second-order valence-corrected chi connectivity index (χ2v) is 4.70. The molecular weight excluding hydrogens is 247 g/mol. The van der Waals surface area contributed by atoms with Gasteiger partial charge < -0.3 is 10.2 Å². The van der Waals surface area contributed by atoms with E-state index in [9.17, 15) is 14.0 Å². The molecule has 1 aliphatic heterocycles. The second-order valence-electron chi connectivity index (χ2n) is 4.70. The van der Waals surface area contributed by atoms with Crippen molar-refractivity contribution in [3.63, 3.8) is 0 Å². The van der Waals surface area contributed by atoms with E-state index in [1.165, 1.54) is 12.1 Å². The molecule has 1 atom stereocenters. The van der Waals surface area contributed by atoms with Gasteiger partial charge in [0.05, 0.1) is 6.04 Å². The number of carbonyl (C=O) groups excluding carboxylic acids is 2. The fourth-order valence-electron chi connectivity index (χ4n) is 2.20. The minimum atomic E-state index is -0.330. The van der Waals surface area contributed by atoms with Crippen molar-refractivity contribution in [2.45, 2.75) is 32.2 Å². The van der Waals surface area contributed by atoms with Crippen molar-refractivity contribution >= 4 is 17.5 Å². The van der Waals surface area contributed by atoms with Gasteiger partial charge in [-0.1, -0.05) is 6.92 Å². The molecule has 102 valence electrons. The van der Waals surface area contributed by atoms with Gasteiger partial charge >= 0.3 is 0 Å². The number of carbonyl (C=O) groups is 2. The Labute approximate surface area is 111 Å². The smallest absolute Gasteiger partial charge is 0.229 e. The largest absolute Gasteiger partial charge is 0.351 e. The predicted molar refractivity (Wildman–Crippen MR) is 70.2 cm³/mol. The summed E-state index contributed by atoms with van der Waals surface area (Å²) in [4.78, 5) is 25.0. The first-order valence-corrected chi connectivity index (χ1v) is 6.45. The quantitative estimate of drug-likeness (QED) is 0.902. The van der Waals surface area contributed by atoms with Crippen LogP contribution in [-0.4, -0.2) is 24.4 Å². The Kier molecular flexibility index (Phi) is 4.14. The van der Waals surface area contributed by atoms with Gasteiger partial charge in [0.2, 0.25) is 11.8 Å². The molecule has 0 aliphatic carbocycles. The summed E-state index contributed by atoms with van der Waals surface area (Å²) in [6.45, 7) is 2.38. The first-order chi connectivity index (χ1) is 9.10. The van der Waals surface area contributed by atoms with Crippen LogP contribution in [0.4, 0.5) is 10.1 Å². The number of halogens is 1. The maximum absolute atomic E-state index is 12.8. The summed E-state index contributed by atoms with van der Waals surface area (Å²) in [6, 6.07) is 5.64. The van der Waals surface area contributed by atoms with Gasteiger partial charge in [-0.15, -0.1) is 0 Å². The molecule has 1 fully saturated rings. The van der Waals surface area contributed by atoms with Gasteiger partial charge in [-0.25, -0.2) is 4.39 Å². The first-order valence-electron chi connectivity index (χ1n) is 6.45. The predicted octanol–water partition coefficient (Wildman–Crippen LogP) is 1.85. The Balaban J connectivity index is 1.99. The molecule has 5 heteroatoms. The zero-order valence-electron chi connectivity index (χ0n) is 10.9. The van der Waals surface area contributed by atoms with Crippen LogP contribution >= 0.6 is 0 Å². The Morgan fingerprint density at radius 3 is 2.74 bits per heavy atom. The molecule has 2 amide bonds. The maximum Gasteiger partial charge on any atom is 0.229 e. The molecular formula is C14H17FN2O2. The van der Waals surface area contributed by atoms with Crippen molar-refractivity contribution in [2.75, 3.05) is 11.4 Å². The fourth-order valence-corrected chi connectivity index (χ4v) is 2.20. The SMILES string of the molecule is CCCC(=O)N[C@H]1CC(=O)N(c2ccc(F)cc2)C1. The van der Waals surface area contributed by atoms with Crippen LogP contribution in [-0.2, 0) is 9.59 Å². The van der Waals surface area contributed by atoms with Crippen LogP contribution < -0.4 is 10.2 Å². The lowest BCUT2D eigenvalue weighted by atomic mass is 10.2. The molecule has 0 radical (unpaired) electrons. The van der Waals surface area contributed by atoms with E-state index in [1.807, 2.05) is 6.92 Å². The molecule has 0 aromatic heterocycles. The Morgan fingerprint density at radius 2 is 2.11 bits per heavy atom. The minimum Gasteiger partial charge on any atom is -0.351 e. The third-order valence-corrected chi connectivity index (χ3v) is 3.11. The molecule has 2 rings (SSSR count). The molecule has 1 aromatic rings. The number of nitrogens with one attached hydrogen (secondary N) is 1. The fraction of sp³-hybridized carbons (Fsp3) is 0.429. The van der Waals surface area contributed by atoms with Crippen molar-refractivity contribution in [3.8, 4) is 0 Å². The summed E-state index contributed by atoms with van der Waals surface area (Å²) < 4.78 is 12.8. The normalized spacial score (nSPS) is 18.7. The topological polar surface area (TPSA) is 49.4 Å². The molecule has 1 heterocycles. The third-order valence-electron chi connectivity index (χ3n) is 3.11. The van der Waals surface area contributed by atoms with Crippen LogP contribution in [0.15, 0.2) is 24.3 Å². The van der Waals surface area contributed by atoms with E-state index in [1.54, 1.807) is 17.0 Å². The standard InChI is InChI=1S/C14H17FN2O2/c1-2-3-13(18)16-11-8-14(19)17(9-11)12-6-4-10(15)5-7-12/h4-7,11H,2-3,8-9H2,1H3,(H,16,18)/t11-/m0/s1. The number of hydrogen-bond acceptors (Lipinski definition) is 2. The highest BCUT2D eigenvalue weighted by Crippen LogP contribution is 2.21. The number of hydrogen-bond donors (Lipinski definition) is 1. The number of nitrogens with zero attached hydrogens (tertiary/aromatic N) is 1. The van der Waals surface area contributed by atoms with E-state index in [0.29, 0.717) is 25.1 Å². The summed E-state index contributed by atoms with van der Waals surface area (Å²) >= 11 is 0. The molecule has 19 heavy (non-hydrogen) atoms. The van der Waals surface area contributed by atoms with E-state index in [-0.39, 0.29) is 23.7 Å². The Morgan fingerprint density at radius 1 is 1.42 bits per heavy atom. The van der Waals surface area contributed by atoms with Crippen LogP contribution in [0.1, 0.15) is 26.2 Å². The number of rotatable bonds is 4. The zero-order chi connectivity index (χ0) is 13.8. The van der Waals surface area contributed by atoms with E-state index in [2.05, 4.69) is 5.32 Å². The highest BCUT2D eigenvalue weighted by Gasteiger charge is 2.31. The average molecular weight is 264 g/mol. The molecule has 1 N–H and O–H groups in total. The van der Waals surface area contributed by atoms with Gasteiger partial charge in [0.25, 0.3) is 0 Å². The minimum absolute atomic E-state index is 0.0266. The molecule has 0 saturated carbocycles. The molecule has 0 spiro atoms. The maximum atomic E-state index is 12.8. The lowest BCUT2D eigenvalue weighted by Crippen LogP contribution is -2.36. The van der Waals surface area contributed by atoms with Gasteiger partial charge in [0, 0.05) is 25.1 Å². The summed E-state index contributed by atoms with van der Waals surface area (Å²) in [5, 5.41) is 2.85. The van der Waals surface area contributed by atoms with E-state index >= 15 is 0 Å². The number of anilines is 1. The van der Waals surface area contributed by atoms with E-state index in [4.69, 9.17) is 0 Å². The van der Waals surface area contributed by atoms with Crippen molar-refractivity contribution < 1.29 is 14.0 Å². The third kappa shape index (κ3) is 3.30.